The molecule has 2 rings (SSSR count). The number of morpholine rings is 1. The van der Waals surface area contributed by atoms with Gasteiger partial charge in [0.2, 0.25) is 0 Å². The van der Waals surface area contributed by atoms with Crippen molar-refractivity contribution in [3.05, 3.63) is 0 Å². The zero-order valence-electron chi connectivity index (χ0n) is 11.5. The predicted molar refractivity (Wildman–Crippen MR) is 70.4 cm³/mol. The summed E-state index contributed by atoms with van der Waals surface area (Å²) in [6.07, 6.45) is 4.08. The van der Waals surface area contributed by atoms with Crippen molar-refractivity contribution < 1.29 is 4.74 Å². The van der Waals surface area contributed by atoms with Gasteiger partial charge >= 0.3 is 0 Å². The standard InChI is InChI=1S/C13H27N3O/c1-15(2)13(5-4-6-13)11-16(3)9-12-10-17-8-7-14-12/h12,14H,4-11H2,1-3H3. The summed E-state index contributed by atoms with van der Waals surface area (Å²) < 4.78 is 5.50. The van der Waals surface area contributed by atoms with Crippen molar-refractivity contribution in [2.45, 2.75) is 30.8 Å². The minimum Gasteiger partial charge on any atom is -0.378 e. The highest BCUT2D eigenvalue weighted by Gasteiger charge is 2.39. The van der Waals surface area contributed by atoms with Gasteiger partial charge in [0, 0.05) is 31.2 Å². The van der Waals surface area contributed by atoms with Gasteiger partial charge in [0.25, 0.3) is 0 Å². The lowest BCUT2D eigenvalue weighted by Crippen LogP contribution is -2.58. The summed E-state index contributed by atoms with van der Waals surface area (Å²) in [5.74, 6) is 0. The third-order valence-electron chi connectivity index (χ3n) is 4.33. The molecule has 2 aliphatic rings. The molecule has 1 aliphatic carbocycles. The fourth-order valence-electron chi connectivity index (χ4n) is 3.01. The van der Waals surface area contributed by atoms with Gasteiger partial charge in [-0.25, -0.2) is 0 Å². The predicted octanol–water partition coefficient (Wildman–Crippen LogP) is 0.391. The fraction of sp³-hybridized carbons (Fsp3) is 1.00. The molecule has 0 amide bonds. The van der Waals surface area contributed by atoms with Gasteiger partial charge in [-0.1, -0.05) is 0 Å². The number of hydrogen-bond acceptors (Lipinski definition) is 4. The van der Waals surface area contributed by atoms with Gasteiger partial charge in [0.05, 0.1) is 13.2 Å². The summed E-state index contributed by atoms with van der Waals surface area (Å²) in [7, 11) is 6.67. The minimum atomic E-state index is 0.435. The van der Waals surface area contributed by atoms with Crippen LogP contribution in [0.2, 0.25) is 0 Å². The Labute approximate surface area is 105 Å². The van der Waals surface area contributed by atoms with Gasteiger partial charge in [-0.3, -0.25) is 0 Å². The van der Waals surface area contributed by atoms with E-state index in [4.69, 9.17) is 4.74 Å². The zero-order chi connectivity index (χ0) is 12.3. The van der Waals surface area contributed by atoms with E-state index < -0.39 is 0 Å². The van der Waals surface area contributed by atoms with Crippen molar-refractivity contribution in [2.75, 3.05) is 54.0 Å². The maximum absolute atomic E-state index is 5.50. The Bertz CT molecular complexity index is 235. The molecule has 0 aromatic rings. The largest absolute Gasteiger partial charge is 0.378 e. The molecule has 1 aliphatic heterocycles. The second kappa shape index (κ2) is 5.65. The van der Waals surface area contributed by atoms with Crippen LogP contribution in [0.3, 0.4) is 0 Å². The lowest BCUT2D eigenvalue weighted by molar-refractivity contribution is 0.0149. The highest BCUT2D eigenvalue weighted by atomic mass is 16.5. The zero-order valence-corrected chi connectivity index (χ0v) is 11.5. The molecule has 1 atom stereocenters. The molecule has 1 unspecified atom stereocenters. The molecule has 1 N–H and O–H groups in total. The molecule has 100 valence electrons. The maximum Gasteiger partial charge on any atom is 0.0632 e. The first-order chi connectivity index (χ1) is 8.12. The molecule has 1 heterocycles. The van der Waals surface area contributed by atoms with E-state index in [0.717, 1.165) is 26.3 Å². The Morgan fingerprint density at radius 2 is 2.06 bits per heavy atom. The lowest BCUT2D eigenvalue weighted by Gasteiger charge is -2.49. The molecule has 1 saturated carbocycles. The Kier molecular flexibility index (Phi) is 4.42. The van der Waals surface area contributed by atoms with E-state index in [9.17, 15) is 0 Å². The summed E-state index contributed by atoms with van der Waals surface area (Å²) in [6, 6.07) is 0.507. The Morgan fingerprint density at radius 3 is 2.53 bits per heavy atom. The molecular weight excluding hydrogens is 214 g/mol. The van der Waals surface area contributed by atoms with Gasteiger partial charge < -0.3 is 19.9 Å². The van der Waals surface area contributed by atoms with Crippen LogP contribution >= 0.6 is 0 Å². The number of likely N-dealkylation sites (N-methyl/N-ethyl adjacent to an activating group) is 2. The third kappa shape index (κ3) is 3.19. The topological polar surface area (TPSA) is 27.7 Å². The summed E-state index contributed by atoms with van der Waals surface area (Å²) in [5.41, 5.74) is 0.435. The normalized spacial score (nSPS) is 28.4. The first kappa shape index (κ1) is 13.3. The molecule has 0 aromatic heterocycles. The summed E-state index contributed by atoms with van der Waals surface area (Å²) in [4.78, 5) is 4.88. The Hall–Kier alpha value is -0.160. The van der Waals surface area contributed by atoms with Gasteiger partial charge in [-0.2, -0.15) is 0 Å². The number of rotatable bonds is 5. The first-order valence-electron chi connectivity index (χ1n) is 6.79. The molecule has 0 aromatic carbocycles. The van der Waals surface area contributed by atoms with Crippen LogP contribution in [-0.2, 0) is 4.74 Å². The van der Waals surface area contributed by atoms with E-state index in [1.54, 1.807) is 0 Å². The van der Waals surface area contributed by atoms with Crippen molar-refractivity contribution in [2.24, 2.45) is 0 Å². The first-order valence-corrected chi connectivity index (χ1v) is 6.79. The Balaban J connectivity index is 1.77. The third-order valence-corrected chi connectivity index (χ3v) is 4.33. The van der Waals surface area contributed by atoms with Crippen LogP contribution in [-0.4, -0.2) is 75.4 Å². The van der Waals surface area contributed by atoms with E-state index in [1.807, 2.05) is 0 Å². The molecule has 4 nitrogen and oxygen atoms in total. The van der Waals surface area contributed by atoms with E-state index in [2.05, 4.69) is 36.3 Å². The molecule has 1 saturated heterocycles. The van der Waals surface area contributed by atoms with Gasteiger partial charge in [0.1, 0.15) is 0 Å². The van der Waals surface area contributed by atoms with Crippen molar-refractivity contribution in [1.29, 1.82) is 0 Å². The fourth-order valence-corrected chi connectivity index (χ4v) is 3.01. The van der Waals surface area contributed by atoms with Crippen LogP contribution in [0.25, 0.3) is 0 Å². The number of nitrogens with one attached hydrogen (secondary N) is 1. The number of hydrogen-bond donors (Lipinski definition) is 1. The van der Waals surface area contributed by atoms with Crippen molar-refractivity contribution in [3.63, 3.8) is 0 Å². The monoisotopic (exact) mass is 241 g/mol. The van der Waals surface area contributed by atoms with Crippen LogP contribution in [0, 0.1) is 0 Å². The van der Waals surface area contributed by atoms with Gasteiger partial charge in [0.15, 0.2) is 0 Å². The molecule has 2 fully saturated rings. The van der Waals surface area contributed by atoms with E-state index >= 15 is 0 Å². The van der Waals surface area contributed by atoms with Crippen LogP contribution < -0.4 is 5.32 Å². The minimum absolute atomic E-state index is 0.435. The van der Waals surface area contributed by atoms with Crippen LogP contribution in [0.15, 0.2) is 0 Å². The second-order valence-electron chi connectivity index (χ2n) is 5.90. The van der Waals surface area contributed by atoms with E-state index in [1.165, 1.54) is 25.8 Å². The van der Waals surface area contributed by atoms with E-state index in [0.29, 0.717) is 11.6 Å². The molecular formula is C13H27N3O. The summed E-state index contributed by atoms with van der Waals surface area (Å²) >= 11 is 0. The van der Waals surface area contributed by atoms with Crippen LogP contribution in [0.4, 0.5) is 0 Å². The van der Waals surface area contributed by atoms with Gasteiger partial charge in [-0.15, -0.1) is 0 Å². The molecule has 0 bridgehead atoms. The lowest BCUT2D eigenvalue weighted by atomic mass is 9.75. The van der Waals surface area contributed by atoms with E-state index in [-0.39, 0.29) is 0 Å². The second-order valence-corrected chi connectivity index (χ2v) is 5.90. The molecule has 0 spiro atoms. The van der Waals surface area contributed by atoms with Crippen LogP contribution in [0.5, 0.6) is 0 Å². The Morgan fingerprint density at radius 1 is 1.29 bits per heavy atom. The average Bonchev–Trinajstić information content (AvgIpc) is 2.24. The number of ether oxygens (including phenoxy) is 1. The van der Waals surface area contributed by atoms with Gasteiger partial charge in [-0.05, 0) is 40.4 Å². The molecule has 17 heavy (non-hydrogen) atoms. The number of nitrogens with zero attached hydrogens (tertiary/aromatic N) is 2. The average molecular weight is 241 g/mol. The molecule has 0 radical (unpaired) electrons. The highest BCUT2D eigenvalue weighted by molar-refractivity contribution is 4.98. The summed E-state index contributed by atoms with van der Waals surface area (Å²) in [6.45, 7) is 4.99. The van der Waals surface area contributed by atoms with Crippen molar-refractivity contribution in [3.8, 4) is 0 Å². The quantitative estimate of drug-likeness (QED) is 0.754. The molecule has 4 heteroatoms. The maximum atomic E-state index is 5.50. The van der Waals surface area contributed by atoms with Crippen molar-refractivity contribution in [1.82, 2.24) is 15.1 Å². The smallest absolute Gasteiger partial charge is 0.0632 e. The highest BCUT2D eigenvalue weighted by Crippen LogP contribution is 2.36. The van der Waals surface area contributed by atoms with Crippen LogP contribution in [0.1, 0.15) is 19.3 Å². The summed E-state index contributed by atoms with van der Waals surface area (Å²) in [5, 5.41) is 3.52. The van der Waals surface area contributed by atoms with Crippen molar-refractivity contribution >= 4 is 0 Å². The SMILES string of the molecule is CN(CC1COCCN1)CC1(N(C)C)CCC1.